The van der Waals surface area contributed by atoms with Gasteiger partial charge in [-0.25, -0.2) is 8.42 Å². The first kappa shape index (κ1) is 17.9. The number of esters is 1. The molecule has 8 nitrogen and oxygen atoms in total. The molecule has 0 unspecified atom stereocenters. The Balaban J connectivity index is 2.73. The van der Waals surface area contributed by atoms with Crippen molar-refractivity contribution < 1.29 is 22.7 Å². The van der Waals surface area contributed by atoms with Crippen LogP contribution in [-0.2, 0) is 19.6 Å². The highest BCUT2D eigenvalue weighted by atomic mass is 32.2. The molecule has 0 aromatic carbocycles. The van der Waals surface area contributed by atoms with Crippen LogP contribution in [0.4, 0.5) is 5.69 Å². The summed E-state index contributed by atoms with van der Waals surface area (Å²) in [5.74, 6) is -1.18. The second kappa shape index (κ2) is 8.32. The molecule has 0 aliphatic heterocycles. The fraction of sp³-hybridized carbons (Fsp3) is 0.462. The van der Waals surface area contributed by atoms with E-state index in [2.05, 4.69) is 19.8 Å². The fourth-order valence-electron chi connectivity index (χ4n) is 1.50. The molecule has 1 rings (SSSR count). The topological polar surface area (TPSA) is 114 Å². The first-order valence-electron chi connectivity index (χ1n) is 6.69. The molecule has 9 heteroatoms. The number of methoxy groups -OCH3 is 1. The van der Waals surface area contributed by atoms with Crippen molar-refractivity contribution in [2.45, 2.75) is 19.8 Å². The summed E-state index contributed by atoms with van der Waals surface area (Å²) in [5, 5.41) is 2.32. The SMILES string of the molecule is CCCCS(=O)(=O)Nc1ccnc(C(=O)NCC(=O)OC)c1. The van der Waals surface area contributed by atoms with Crippen molar-refractivity contribution in [3.8, 4) is 0 Å². The van der Waals surface area contributed by atoms with Crippen molar-refractivity contribution >= 4 is 27.6 Å². The molecule has 1 heterocycles. The summed E-state index contributed by atoms with van der Waals surface area (Å²) in [5.41, 5.74) is 0.244. The molecule has 0 bridgehead atoms. The molecule has 0 spiro atoms. The molecule has 2 N–H and O–H groups in total. The van der Waals surface area contributed by atoms with Crippen LogP contribution in [-0.4, -0.2) is 44.7 Å². The lowest BCUT2D eigenvalue weighted by molar-refractivity contribution is -0.139. The molecule has 0 saturated carbocycles. The highest BCUT2D eigenvalue weighted by Crippen LogP contribution is 2.11. The number of aromatic nitrogens is 1. The summed E-state index contributed by atoms with van der Waals surface area (Å²) in [4.78, 5) is 26.6. The van der Waals surface area contributed by atoms with Crippen molar-refractivity contribution in [1.29, 1.82) is 0 Å². The maximum atomic E-state index is 11.8. The lowest BCUT2D eigenvalue weighted by Crippen LogP contribution is -2.30. The second-order valence-corrected chi connectivity index (χ2v) is 6.30. The summed E-state index contributed by atoms with van der Waals surface area (Å²) in [6.07, 6.45) is 2.62. The lowest BCUT2D eigenvalue weighted by atomic mass is 10.3. The van der Waals surface area contributed by atoms with Crippen LogP contribution in [0.25, 0.3) is 0 Å². The van der Waals surface area contributed by atoms with Gasteiger partial charge in [0.15, 0.2) is 0 Å². The largest absolute Gasteiger partial charge is 0.468 e. The van der Waals surface area contributed by atoms with Crippen molar-refractivity contribution in [2.24, 2.45) is 0 Å². The van der Waals surface area contributed by atoms with Crippen molar-refractivity contribution in [2.75, 3.05) is 24.1 Å². The molecule has 1 amide bonds. The molecule has 122 valence electrons. The number of hydrogen-bond donors (Lipinski definition) is 2. The Morgan fingerprint density at radius 3 is 2.73 bits per heavy atom. The maximum Gasteiger partial charge on any atom is 0.325 e. The van der Waals surface area contributed by atoms with Crippen molar-refractivity contribution in [1.82, 2.24) is 10.3 Å². The second-order valence-electron chi connectivity index (χ2n) is 4.46. The Labute approximate surface area is 129 Å². The van der Waals surface area contributed by atoms with Gasteiger partial charge in [-0.15, -0.1) is 0 Å². The van der Waals surface area contributed by atoms with Crippen LogP contribution in [0.2, 0.25) is 0 Å². The molecular weight excluding hydrogens is 310 g/mol. The van der Waals surface area contributed by atoms with E-state index in [0.717, 1.165) is 6.42 Å². The minimum atomic E-state index is -3.45. The van der Waals surface area contributed by atoms with Crippen molar-refractivity contribution in [3.05, 3.63) is 24.0 Å². The molecular formula is C13H19N3O5S. The third-order valence-electron chi connectivity index (χ3n) is 2.65. The smallest absolute Gasteiger partial charge is 0.325 e. The molecule has 0 fully saturated rings. The Bertz CT molecular complexity index is 630. The van der Waals surface area contributed by atoms with Crippen LogP contribution in [0, 0.1) is 0 Å². The van der Waals surface area contributed by atoms with Gasteiger partial charge in [-0.3, -0.25) is 19.3 Å². The van der Waals surface area contributed by atoms with E-state index < -0.39 is 21.9 Å². The number of nitrogens with zero attached hydrogens (tertiary/aromatic N) is 1. The number of unbranched alkanes of at least 4 members (excludes halogenated alkanes) is 1. The van der Waals surface area contributed by atoms with Crippen LogP contribution >= 0.6 is 0 Å². The Hall–Kier alpha value is -2.16. The average molecular weight is 329 g/mol. The van der Waals surface area contributed by atoms with E-state index in [1.54, 1.807) is 0 Å². The third kappa shape index (κ3) is 6.08. The summed E-state index contributed by atoms with van der Waals surface area (Å²) < 4.78 is 30.4. The molecule has 0 atom stereocenters. The first-order valence-corrected chi connectivity index (χ1v) is 8.34. The van der Waals surface area contributed by atoms with Gasteiger partial charge >= 0.3 is 5.97 Å². The number of hydrogen-bond acceptors (Lipinski definition) is 6. The molecule has 22 heavy (non-hydrogen) atoms. The Morgan fingerprint density at radius 2 is 2.09 bits per heavy atom. The number of sulfonamides is 1. The summed E-state index contributed by atoms with van der Waals surface area (Å²) in [6, 6.07) is 2.75. The zero-order valence-corrected chi connectivity index (χ0v) is 13.3. The number of nitrogens with one attached hydrogen (secondary N) is 2. The number of anilines is 1. The number of carbonyl (C=O) groups excluding carboxylic acids is 2. The monoisotopic (exact) mass is 329 g/mol. The molecule has 1 aromatic rings. The predicted octanol–water partition coefficient (Wildman–Crippen LogP) is 0.526. The van der Waals surface area contributed by atoms with E-state index in [4.69, 9.17) is 0 Å². The lowest BCUT2D eigenvalue weighted by Gasteiger charge is -2.08. The average Bonchev–Trinajstić information content (AvgIpc) is 2.50. The summed E-state index contributed by atoms with van der Waals surface area (Å²) in [7, 11) is -2.25. The third-order valence-corrected chi connectivity index (χ3v) is 4.03. The summed E-state index contributed by atoms with van der Waals surface area (Å²) >= 11 is 0. The predicted molar refractivity (Wildman–Crippen MR) is 80.9 cm³/mol. The van der Waals surface area contributed by atoms with E-state index in [1.807, 2.05) is 6.92 Å². The number of amides is 1. The van der Waals surface area contributed by atoms with Gasteiger partial charge in [-0.2, -0.15) is 0 Å². The van der Waals surface area contributed by atoms with E-state index in [9.17, 15) is 18.0 Å². The van der Waals surface area contributed by atoms with Gasteiger partial charge < -0.3 is 10.1 Å². The van der Waals surface area contributed by atoms with Crippen LogP contribution in [0.15, 0.2) is 18.3 Å². The fourth-order valence-corrected chi connectivity index (χ4v) is 2.76. The number of pyridine rings is 1. The zero-order valence-electron chi connectivity index (χ0n) is 12.5. The number of ether oxygens (including phenoxy) is 1. The van der Waals surface area contributed by atoms with Gasteiger partial charge in [0.1, 0.15) is 12.2 Å². The minimum absolute atomic E-state index is 0.000375. The van der Waals surface area contributed by atoms with E-state index >= 15 is 0 Å². The van der Waals surface area contributed by atoms with E-state index in [1.165, 1.54) is 25.4 Å². The first-order chi connectivity index (χ1) is 10.4. The Morgan fingerprint density at radius 1 is 1.36 bits per heavy atom. The Kier molecular flexibility index (Phi) is 6.77. The van der Waals surface area contributed by atoms with E-state index in [-0.39, 0.29) is 23.7 Å². The highest BCUT2D eigenvalue weighted by molar-refractivity contribution is 7.92. The highest BCUT2D eigenvalue weighted by Gasteiger charge is 2.13. The quantitative estimate of drug-likeness (QED) is 0.672. The number of rotatable bonds is 8. The zero-order chi connectivity index (χ0) is 16.6. The van der Waals surface area contributed by atoms with Crippen LogP contribution in [0.1, 0.15) is 30.3 Å². The molecule has 1 aromatic heterocycles. The van der Waals surface area contributed by atoms with E-state index in [0.29, 0.717) is 6.42 Å². The standard InChI is InChI=1S/C13H19N3O5S/c1-3-4-7-22(19,20)16-10-5-6-14-11(8-10)13(18)15-9-12(17)21-2/h5-6,8H,3-4,7,9H2,1-2H3,(H,14,16)(H,15,18). The van der Waals surface area contributed by atoms with Crippen molar-refractivity contribution in [3.63, 3.8) is 0 Å². The van der Waals surface area contributed by atoms with Gasteiger partial charge in [0.25, 0.3) is 5.91 Å². The molecule has 0 radical (unpaired) electrons. The summed E-state index contributed by atoms with van der Waals surface area (Å²) in [6.45, 7) is 1.61. The van der Waals surface area contributed by atoms with Gasteiger partial charge in [-0.1, -0.05) is 13.3 Å². The minimum Gasteiger partial charge on any atom is -0.468 e. The van der Waals surface area contributed by atoms with Gasteiger partial charge in [0, 0.05) is 6.20 Å². The molecule has 0 aliphatic carbocycles. The van der Waals surface area contributed by atoms with Gasteiger partial charge in [0.2, 0.25) is 10.0 Å². The van der Waals surface area contributed by atoms with Crippen LogP contribution in [0.3, 0.4) is 0 Å². The van der Waals surface area contributed by atoms with Crippen LogP contribution < -0.4 is 10.0 Å². The normalized spacial score (nSPS) is 10.8. The number of carbonyl (C=O) groups is 2. The van der Waals surface area contributed by atoms with Gasteiger partial charge in [0.05, 0.1) is 18.6 Å². The molecule has 0 aliphatic rings. The molecule has 0 saturated heterocycles. The van der Waals surface area contributed by atoms with Gasteiger partial charge in [-0.05, 0) is 18.6 Å². The van der Waals surface area contributed by atoms with Crippen LogP contribution in [0.5, 0.6) is 0 Å². The maximum absolute atomic E-state index is 11.8.